The lowest BCUT2D eigenvalue weighted by Crippen LogP contribution is -2.17. The molecular weight excluding hydrogens is 233 g/mol. The monoisotopic (exact) mass is 247 g/mol. The van der Waals surface area contributed by atoms with E-state index in [1.54, 1.807) is 6.07 Å². The van der Waals surface area contributed by atoms with Crippen LogP contribution in [0.25, 0.3) is 10.9 Å². The van der Waals surface area contributed by atoms with E-state index < -0.39 is 0 Å². The molecule has 1 atom stereocenters. The Balaban J connectivity index is 2.16. The Labute approximate surface area is 104 Å². The quantitative estimate of drug-likeness (QED) is 0.839. The van der Waals surface area contributed by atoms with E-state index in [1.807, 2.05) is 0 Å². The Morgan fingerprint density at radius 1 is 1.33 bits per heavy atom. The van der Waals surface area contributed by atoms with Gasteiger partial charge in [-0.2, -0.15) is 0 Å². The van der Waals surface area contributed by atoms with E-state index in [9.17, 15) is 4.39 Å². The predicted octanol–water partition coefficient (Wildman–Crippen LogP) is 2.25. The minimum atomic E-state index is -0.283. The molecule has 3 rings (SSSR count). The van der Waals surface area contributed by atoms with Crippen LogP contribution in [-0.2, 0) is 4.74 Å². The van der Waals surface area contributed by atoms with Crippen LogP contribution in [0.15, 0.2) is 18.2 Å². The fraction of sp³-hybridized carbons (Fsp3) is 0.385. The molecule has 0 spiro atoms. The summed E-state index contributed by atoms with van der Waals surface area (Å²) in [6, 6.07) is 4.49. The number of halogens is 1. The number of hydrogen-bond acceptors (Lipinski definition) is 4. The van der Waals surface area contributed by atoms with Crippen LogP contribution < -0.4 is 5.73 Å². The average Bonchev–Trinajstić information content (AvgIpc) is 2.39. The highest BCUT2D eigenvalue weighted by Gasteiger charge is 2.21. The highest BCUT2D eigenvalue weighted by Crippen LogP contribution is 2.30. The van der Waals surface area contributed by atoms with Crippen LogP contribution in [0.5, 0.6) is 0 Å². The summed E-state index contributed by atoms with van der Waals surface area (Å²) in [7, 11) is 0. The van der Waals surface area contributed by atoms with Gasteiger partial charge in [0.25, 0.3) is 0 Å². The fourth-order valence-corrected chi connectivity index (χ4v) is 2.41. The Hall–Kier alpha value is -1.75. The minimum absolute atomic E-state index is 0.174. The second-order valence-corrected chi connectivity index (χ2v) is 4.54. The van der Waals surface area contributed by atoms with E-state index in [0.29, 0.717) is 12.1 Å². The molecular formula is C13H14FN3O. The van der Waals surface area contributed by atoms with Crippen molar-refractivity contribution in [2.24, 2.45) is 0 Å². The number of fused-ring (bicyclic) bond motifs is 1. The second-order valence-electron chi connectivity index (χ2n) is 4.54. The molecule has 1 saturated heterocycles. The van der Waals surface area contributed by atoms with Gasteiger partial charge in [-0.25, -0.2) is 14.4 Å². The third-order valence-electron chi connectivity index (χ3n) is 3.25. The van der Waals surface area contributed by atoms with Gasteiger partial charge < -0.3 is 10.5 Å². The van der Waals surface area contributed by atoms with Crippen molar-refractivity contribution in [2.75, 3.05) is 18.9 Å². The largest absolute Gasteiger partial charge is 0.381 e. The average molecular weight is 247 g/mol. The molecule has 5 heteroatoms. The summed E-state index contributed by atoms with van der Waals surface area (Å²) in [6.07, 6.45) is 1.98. The van der Waals surface area contributed by atoms with Gasteiger partial charge >= 0.3 is 0 Å². The zero-order valence-corrected chi connectivity index (χ0v) is 9.90. The minimum Gasteiger partial charge on any atom is -0.381 e. The number of ether oxygens (including phenoxy) is 1. The van der Waals surface area contributed by atoms with E-state index in [4.69, 9.17) is 10.5 Å². The van der Waals surface area contributed by atoms with Gasteiger partial charge in [-0.15, -0.1) is 0 Å². The molecule has 0 radical (unpaired) electrons. The molecule has 0 amide bonds. The van der Waals surface area contributed by atoms with Crippen LogP contribution in [0.2, 0.25) is 0 Å². The van der Waals surface area contributed by atoms with Crippen molar-refractivity contribution in [3.8, 4) is 0 Å². The zero-order chi connectivity index (χ0) is 12.5. The Morgan fingerprint density at radius 2 is 2.22 bits per heavy atom. The van der Waals surface area contributed by atoms with Crippen molar-refractivity contribution in [2.45, 2.75) is 18.8 Å². The van der Waals surface area contributed by atoms with E-state index in [1.165, 1.54) is 12.1 Å². The maximum atomic E-state index is 13.4. The maximum Gasteiger partial charge on any atom is 0.220 e. The molecule has 1 fully saturated rings. The molecule has 1 aliphatic heterocycles. The van der Waals surface area contributed by atoms with Gasteiger partial charge in [0.05, 0.1) is 17.8 Å². The normalized spacial score (nSPS) is 20.2. The number of nitrogens with two attached hydrogens (primary N) is 1. The number of benzene rings is 1. The van der Waals surface area contributed by atoms with Gasteiger partial charge in [0, 0.05) is 17.9 Å². The Bertz CT molecular complexity index is 582. The first kappa shape index (κ1) is 11.3. The summed E-state index contributed by atoms with van der Waals surface area (Å²) in [4.78, 5) is 8.42. The number of aromatic nitrogens is 2. The van der Waals surface area contributed by atoms with E-state index in [0.717, 1.165) is 30.5 Å². The van der Waals surface area contributed by atoms with Gasteiger partial charge in [0.1, 0.15) is 5.82 Å². The lowest BCUT2D eigenvalue weighted by atomic mass is 9.95. The summed E-state index contributed by atoms with van der Waals surface area (Å²) in [6.45, 7) is 1.39. The summed E-state index contributed by atoms with van der Waals surface area (Å²) in [5, 5.41) is 0.736. The number of nitrogens with zero attached hydrogens (tertiary/aromatic N) is 2. The highest BCUT2D eigenvalue weighted by molar-refractivity contribution is 5.82. The maximum absolute atomic E-state index is 13.4. The van der Waals surface area contributed by atoms with Crippen LogP contribution in [0, 0.1) is 5.82 Å². The number of nitrogen functional groups attached to an aromatic ring is 1. The number of rotatable bonds is 1. The second kappa shape index (κ2) is 4.49. The fourth-order valence-electron chi connectivity index (χ4n) is 2.41. The third-order valence-corrected chi connectivity index (χ3v) is 3.25. The van der Waals surface area contributed by atoms with Crippen LogP contribution in [0.4, 0.5) is 10.3 Å². The lowest BCUT2D eigenvalue weighted by molar-refractivity contribution is 0.0797. The van der Waals surface area contributed by atoms with Crippen molar-refractivity contribution >= 4 is 16.9 Å². The van der Waals surface area contributed by atoms with Crippen LogP contribution in [0.1, 0.15) is 24.5 Å². The molecule has 4 nitrogen and oxygen atoms in total. The summed E-state index contributed by atoms with van der Waals surface area (Å²) in [5.41, 5.74) is 7.20. The first-order valence-electron chi connectivity index (χ1n) is 6.04. The Morgan fingerprint density at radius 3 is 3.00 bits per heavy atom. The third kappa shape index (κ3) is 2.01. The topological polar surface area (TPSA) is 61.0 Å². The number of anilines is 1. The van der Waals surface area contributed by atoms with Crippen molar-refractivity contribution < 1.29 is 9.13 Å². The van der Waals surface area contributed by atoms with E-state index >= 15 is 0 Å². The SMILES string of the molecule is Nc1nc(C2CCCOC2)c2cc(F)ccc2n1. The molecule has 0 saturated carbocycles. The first-order chi connectivity index (χ1) is 8.74. The molecule has 2 aromatic rings. The molecule has 1 aromatic heterocycles. The number of hydrogen-bond donors (Lipinski definition) is 1. The molecule has 94 valence electrons. The Kier molecular flexibility index (Phi) is 2.83. The molecule has 2 heterocycles. The van der Waals surface area contributed by atoms with Crippen molar-refractivity contribution in [3.63, 3.8) is 0 Å². The summed E-state index contributed by atoms with van der Waals surface area (Å²) >= 11 is 0. The standard InChI is InChI=1S/C13H14FN3O/c14-9-3-4-11-10(6-9)12(17-13(15)16-11)8-2-1-5-18-7-8/h3-4,6,8H,1-2,5,7H2,(H2,15,16,17). The predicted molar refractivity (Wildman–Crippen MR) is 66.7 cm³/mol. The molecule has 2 N–H and O–H groups in total. The molecule has 1 unspecified atom stereocenters. The molecule has 0 aliphatic carbocycles. The van der Waals surface area contributed by atoms with Gasteiger partial charge in [0.2, 0.25) is 5.95 Å². The van der Waals surface area contributed by atoms with Crippen LogP contribution in [-0.4, -0.2) is 23.2 Å². The molecule has 0 bridgehead atoms. The molecule has 18 heavy (non-hydrogen) atoms. The van der Waals surface area contributed by atoms with Gasteiger partial charge in [-0.1, -0.05) is 0 Å². The van der Waals surface area contributed by atoms with Crippen molar-refractivity contribution in [1.29, 1.82) is 0 Å². The molecule has 1 aromatic carbocycles. The smallest absolute Gasteiger partial charge is 0.220 e. The summed E-state index contributed by atoms with van der Waals surface area (Å²) < 4.78 is 18.8. The van der Waals surface area contributed by atoms with Crippen LogP contribution >= 0.6 is 0 Å². The van der Waals surface area contributed by atoms with Crippen molar-refractivity contribution in [1.82, 2.24) is 9.97 Å². The van der Waals surface area contributed by atoms with E-state index in [-0.39, 0.29) is 17.7 Å². The van der Waals surface area contributed by atoms with E-state index in [2.05, 4.69) is 9.97 Å². The molecule has 1 aliphatic rings. The zero-order valence-electron chi connectivity index (χ0n) is 9.90. The van der Waals surface area contributed by atoms with Crippen LogP contribution in [0.3, 0.4) is 0 Å². The van der Waals surface area contributed by atoms with Gasteiger partial charge in [-0.3, -0.25) is 0 Å². The van der Waals surface area contributed by atoms with Gasteiger partial charge in [-0.05, 0) is 31.0 Å². The first-order valence-corrected chi connectivity index (χ1v) is 6.04. The lowest BCUT2D eigenvalue weighted by Gasteiger charge is -2.22. The van der Waals surface area contributed by atoms with Gasteiger partial charge in [0.15, 0.2) is 0 Å². The van der Waals surface area contributed by atoms with Crippen molar-refractivity contribution in [3.05, 3.63) is 29.7 Å². The highest BCUT2D eigenvalue weighted by atomic mass is 19.1. The summed E-state index contributed by atoms with van der Waals surface area (Å²) in [5.74, 6) is 0.122.